The SMILES string of the molecule is COCCn1cc2c(n1)c(N)nc1cc(-c3ccn[nH]3)ccc12. The summed E-state index contributed by atoms with van der Waals surface area (Å²) in [7, 11) is 1.67. The van der Waals surface area contributed by atoms with E-state index < -0.39 is 0 Å². The summed E-state index contributed by atoms with van der Waals surface area (Å²) in [4.78, 5) is 4.50. The lowest BCUT2D eigenvalue weighted by Crippen LogP contribution is -2.04. The number of nitrogens with one attached hydrogen (secondary N) is 1. The second-order valence-corrected chi connectivity index (χ2v) is 5.35. The third-order valence-electron chi connectivity index (χ3n) is 3.87. The molecule has 1 aromatic carbocycles. The molecule has 0 unspecified atom stereocenters. The van der Waals surface area contributed by atoms with Crippen molar-refractivity contribution in [1.82, 2.24) is 25.0 Å². The Morgan fingerprint density at radius 3 is 2.96 bits per heavy atom. The molecule has 0 saturated carbocycles. The van der Waals surface area contributed by atoms with Crippen LogP contribution in [0.5, 0.6) is 0 Å². The molecule has 4 rings (SSSR count). The maximum Gasteiger partial charge on any atom is 0.152 e. The van der Waals surface area contributed by atoms with Crippen LogP contribution in [0, 0.1) is 0 Å². The van der Waals surface area contributed by atoms with Crippen LogP contribution in [0.15, 0.2) is 36.7 Å². The summed E-state index contributed by atoms with van der Waals surface area (Å²) >= 11 is 0. The van der Waals surface area contributed by atoms with Gasteiger partial charge in [0.05, 0.1) is 24.4 Å². The largest absolute Gasteiger partial charge is 0.383 e. The highest BCUT2D eigenvalue weighted by molar-refractivity contribution is 6.08. The maximum atomic E-state index is 6.09. The first-order valence-electron chi connectivity index (χ1n) is 7.31. The van der Waals surface area contributed by atoms with Gasteiger partial charge in [-0.15, -0.1) is 0 Å². The summed E-state index contributed by atoms with van der Waals surface area (Å²) in [6.45, 7) is 1.28. The number of ether oxygens (including phenoxy) is 1. The van der Waals surface area contributed by atoms with E-state index in [1.807, 2.05) is 35.1 Å². The van der Waals surface area contributed by atoms with Crippen molar-refractivity contribution >= 4 is 27.6 Å². The highest BCUT2D eigenvalue weighted by Gasteiger charge is 2.12. The number of anilines is 1. The first-order valence-corrected chi connectivity index (χ1v) is 7.31. The fourth-order valence-electron chi connectivity index (χ4n) is 2.73. The number of rotatable bonds is 4. The number of aromatic nitrogens is 5. The Balaban J connectivity index is 1.89. The van der Waals surface area contributed by atoms with E-state index in [1.54, 1.807) is 13.3 Å². The number of hydrogen-bond acceptors (Lipinski definition) is 5. The minimum absolute atomic E-state index is 0.436. The van der Waals surface area contributed by atoms with Crippen molar-refractivity contribution in [3.8, 4) is 11.3 Å². The summed E-state index contributed by atoms with van der Waals surface area (Å²) in [5.74, 6) is 0.436. The predicted molar refractivity (Wildman–Crippen MR) is 88.9 cm³/mol. The minimum Gasteiger partial charge on any atom is -0.383 e. The first-order chi connectivity index (χ1) is 11.3. The Hall–Kier alpha value is -2.93. The molecule has 0 bridgehead atoms. The van der Waals surface area contributed by atoms with E-state index in [9.17, 15) is 0 Å². The Morgan fingerprint density at radius 1 is 1.26 bits per heavy atom. The van der Waals surface area contributed by atoms with Gasteiger partial charge in [0.15, 0.2) is 5.82 Å². The van der Waals surface area contributed by atoms with Gasteiger partial charge in [-0.1, -0.05) is 12.1 Å². The van der Waals surface area contributed by atoms with Gasteiger partial charge in [0.25, 0.3) is 0 Å². The Kier molecular flexibility index (Phi) is 3.20. The summed E-state index contributed by atoms with van der Waals surface area (Å²) in [6.07, 6.45) is 3.72. The quantitative estimate of drug-likeness (QED) is 0.602. The van der Waals surface area contributed by atoms with Crippen LogP contribution in [0.4, 0.5) is 5.82 Å². The molecule has 7 nitrogen and oxygen atoms in total. The first kappa shape index (κ1) is 13.7. The number of nitrogen functional groups attached to an aromatic ring is 1. The van der Waals surface area contributed by atoms with Crippen LogP contribution in [-0.2, 0) is 11.3 Å². The molecule has 0 saturated heterocycles. The molecule has 0 amide bonds. The van der Waals surface area contributed by atoms with Crippen molar-refractivity contribution < 1.29 is 4.74 Å². The van der Waals surface area contributed by atoms with Crippen LogP contribution in [0.25, 0.3) is 33.1 Å². The zero-order valence-corrected chi connectivity index (χ0v) is 12.7. The second kappa shape index (κ2) is 5.36. The number of nitrogens with two attached hydrogens (primary N) is 1. The van der Waals surface area contributed by atoms with Crippen molar-refractivity contribution in [2.45, 2.75) is 6.54 Å². The Bertz CT molecular complexity index is 973. The topological polar surface area (TPSA) is 94.6 Å². The summed E-state index contributed by atoms with van der Waals surface area (Å²) < 4.78 is 6.94. The molecule has 0 spiro atoms. The molecule has 0 atom stereocenters. The standard InChI is InChI=1S/C16H16N6O/c1-23-7-6-22-9-12-11-3-2-10(13-4-5-18-20-13)8-14(11)19-16(17)15(12)21-22/h2-5,8-9H,6-7H2,1H3,(H2,17,19)(H,18,20). The van der Waals surface area contributed by atoms with E-state index >= 15 is 0 Å². The van der Waals surface area contributed by atoms with Gasteiger partial charge < -0.3 is 10.5 Å². The van der Waals surface area contributed by atoms with Gasteiger partial charge in [-0.3, -0.25) is 9.78 Å². The highest BCUT2D eigenvalue weighted by atomic mass is 16.5. The predicted octanol–water partition coefficient (Wildman–Crippen LogP) is 2.20. The van der Waals surface area contributed by atoms with Crippen LogP contribution < -0.4 is 5.73 Å². The molecule has 0 fully saturated rings. The Morgan fingerprint density at radius 2 is 2.17 bits per heavy atom. The molecule has 0 radical (unpaired) electrons. The summed E-state index contributed by atoms with van der Waals surface area (Å²) in [6, 6.07) is 8.01. The average molecular weight is 308 g/mol. The van der Waals surface area contributed by atoms with Crippen molar-refractivity contribution in [2.75, 3.05) is 19.5 Å². The van der Waals surface area contributed by atoms with Gasteiger partial charge in [-0.2, -0.15) is 10.2 Å². The maximum absolute atomic E-state index is 6.09. The van der Waals surface area contributed by atoms with Gasteiger partial charge in [0.2, 0.25) is 0 Å². The number of H-pyrrole nitrogens is 1. The summed E-state index contributed by atoms with van der Waals surface area (Å²) in [5, 5.41) is 13.5. The number of pyridine rings is 1. The van der Waals surface area contributed by atoms with Gasteiger partial charge in [-0.05, 0) is 12.1 Å². The van der Waals surface area contributed by atoms with Crippen LogP contribution in [0.3, 0.4) is 0 Å². The van der Waals surface area contributed by atoms with Gasteiger partial charge in [0.1, 0.15) is 5.52 Å². The molecular weight excluding hydrogens is 292 g/mol. The fraction of sp³-hybridized carbons (Fsp3) is 0.188. The molecule has 3 N–H and O–H groups in total. The molecule has 116 valence electrons. The third-order valence-corrected chi connectivity index (χ3v) is 3.87. The van der Waals surface area contributed by atoms with E-state index in [4.69, 9.17) is 10.5 Å². The van der Waals surface area contributed by atoms with Crippen molar-refractivity contribution in [3.05, 3.63) is 36.7 Å². The monoisotopic (exact) mass is 308 g/mol. The smallest absolute Gasteiger partial charge is 0.152 e. The van der Waals surface area contributed by atoms with Gasteiger partial charge in [-0.25, -0.2) is 4.98 Å². The highest BCUT2D eigenvalue weighted by Crippen LogP contribution is 2.29. The molecule has 23 heavy (non-hydrogen) atoms. The number of aromatic amines is 1. The van der Waals surface area contributed by atoms with Crippen LogP contribution in [-0.4, -0.2) is 38.7 Å². The molecule has 3 heterocycles. The van der Waals surface area contributed by atoms with Crippen LogP contribution in [0.1, 0.15) is 0 Å². The molecular formula is C16H16N6O. The van der Waals surface area contributed by atoms with Crippen molar-refractivity contribution in [2.24, 2.45) is 0 Å². The Labute approximate surface area is 132 Å². The molecule has 0 aliphatic carbocycles. The number of fused-ring (bicyclic) bond motifs is 3. The molecule has 3 aromatic heterocycles. The van der Waals surface area contributed by atoms with E-state index in [2.05, 4.69) is 20.3 Å². The lowest BCUT2D eigenvalue weighted by atomic mass is 10.1. The minimum atomic E-state index is 0.436. The molecule has 0 aliphatic rings. The van der Waals surface area contributed by atoms with Crippen molar-refractivity contribution in [3.63, 3.8) is 0 Å². The molecule has 0 aliphatic heterocycles. The van der Waals surface area contributed by atoms with Gasteiger partial charge >= 0.3 is 0 Å². The van der Waals surface area contributed by atoms with Crippen LogP contribution >= 0.6 is 0 Å². The van der Waals surface area contributed by atoms with Crippen molar-refractivity contribution in [1.29, 1.82) is 0 Å². The second-order valence-electron chi connectivity index (χ2n) is 5.35. The van der Waals surface area contributed by atoms with E-state index in [1.165, 1.54) is 0 Å². The van der Waals surface area contributed by atoms with E-state index in [0.717, 1.165) is 33.1 Å². The van der Waals surface area contributed by atoms with Crippen LogP contribution in [0.2, 0.25) is 0 Å². The van der Waals surface area contributed by atoms with E-state index in [-0.39, 0.29) is 0 Å². The van der Waals surface area contributed by atoms with E-state index in [0.29, 0.717) is 19.0 Å². The third kappa shape index (κ3) is 2.31. The average Bonchev–Trinajstić information content (AvgIpc) is 3.22. The van der Waals surface area contributed by atoms with Gasteiger partial charge in [0, 0.05) is 35.8 Å². The normalized spacial score (nSPS) is 11.5. The lowest BCUT2D eigenvalue weighted by Gasteiger charge is -2.03. The molecule has 4 aromatic rings. The number of nitrogens with zero attached hydrogens (tertiary/aromatic N) is 4. The molecule has 7 heteroatoms. The zero-order valence-electron chi connectivity index (χ0n) is 12.7. The lowest BCUT2D eigenvalue weighted by molar-refractivity contribution is 0.184. The summed E-state index contributed by atoms with van der Waals surface area (Å²) in [5.41, 5.74) is 9.63. The number of hydrogen-bond donors (Lipinski definition) is 2. The number of benzene rings is 1. The number of methoxy groups -OCH3 is 1. The zero-order chi connectivity index (χ0) is 15.8. The fourth-order valence-corrected chi connectivity index (χ4v) is 2.73.